The number of nitrogens with zero attached hydrogens (tertiary/aromatic N) is 1. The van der Waals surface area contributed by atoms with Crippen molar-refractivity contribution in [2.24, 2.45) is 5.41 Å². The molecule has 0 fully saturated rings. The third kappa shape index (κ3) is 3.10. The molecule has 1 N–H and O–H groups in total. The summed E-state index contributed by atoms with van der Waals surface area (Å²) < 4.78 is 0. The highest BCUT2D eigenvalue weighted by Crippen LogP contribution is 2.35. The number of rotatable bonds is 3. The number of nitrogens with one attached hydrogen (secondary N) is 1. The van der Waals surface area contributed by atoms with E-state index in [4.69, 9.17) is 5.41 Å². The Balaban J connectivity index is 2.61. The maximum atomic E-state index is 8.63. The van der Waals surface area contributed by atoms with E-state index in [1.54, 1.807) is 0 Å². The van der Waals surface area contributed by atoms with Crippen molar-refractivity contribution in [3.8, 4) is 0 Å². The molecule has 0 spiro atoms. The second-order valence-corrected chi connectivity index (χ2v) is 7.02. The van der Waals surface area contributed by atoms with E-state index in [0.717, 1.165) is 17.7 Å². The first-order valence-corrected chi connectivity index (χ1v) is 7.49. The summed E-state index contributed by atoms with van der Waals surface area (Å²) in [4.78, 5) is 2.09. The van der Waals surface area contributed by atoms with Crippen molar-refractivity contribution in [1.29, 1.82) is 5.41 Å². The van der Waals surface area contributed by atoms with Crippen LogP contribution in [0, 0.1) is 10.8 Å². The number of anilines is 1. The van der Waals surface area contributed by atoms with Gasteiger partial charge in [0.05, 0.1) is 0 Å². The third-order valence-corrected chi connectivity index (χ3v) is 4.03. The molecule has 112 valence electrons. The quantitative estimate of drug-likeness (QED) is 0.784. The van der Waals surface area contributed by atoms with Crippen LogP contribution in [0.4, 0.5) is 5.69 Å². The van der Waals surface area contributed by atoms with Crippen molar-refractivity contribution in [3.05, 3.63) is 47.1 Å². The summed E-state index contributed by atoms with van der Waals surface area (Å²) in [6.07, 6.45) is 5.35. The number of hydrogen-bond acceptors (Lipinski definition) is 2. The largest absolute Gasteiger partial charge is 0.378 e. The fourth-order valence-electron chi connectivity index (χ4n) is 2.62. The van der Waals surface area contributed by atoms with E-state index in [1.807, 2.05) is 14.1 Å². The molecule has 2 nitrogen and oxygen atoms in total. The molecule has 21 heavy (non-hydrogen) atoms. The van der Waals surface area contributed by atoms with E-state index < -0.39 is 0 Å². The number of hydrogen-bond donors (Lipinski definition) is 1. The Morgan fingerprint density at radius 2 is 1.86 bits per heavy atom. The molecule has 0 heterocycles. The first kappa shape index (κ1) is 15.6. The molecule has 0 amide bonds. The van der Waals surface area contributed by atoms with Gasteiger partial charge in [-0.05, 0) is 42.2 Å². The van der Waals surface area contributed by atoms with Gasteiger partial charge in [0.15, 0.2) is 0 Å². The maximum Gasteiger partial charge on any atom is 0.0446 e. The lowest BCUT2D eigenvalue weighted by molar-refractivity contribution is 0.588. The molecule has 0 atom stereocenters. The van der Waals surface area contributed by atoms with Crippen LogP contribution in [0.15, 0.2) is 35.9 Å². The Morgan fingerprint density at radius 3 is 2.33 bits per heavy atom. The van der Waals surface area contributed by atoms with Crippen molar-refractivity contribution in [2.45, 2.75) is 34.1 Å². The van der Waals surface area contributed by atoms with Gasteiger partial charge in [-0.1, -0.05) is 39.0 Å². The molecule has 0 radical (unpaired) electrons. The highest BCUT2D eigenvalue weighted by molar-refractivity contribution is 6.06. The van der Waals surface area contributed by atoms with Crippen LogP contribution in [0.25, 0.3) is 5.57 Å². The lowest BCUT2D eigenvalue weighted by Crippen LogP contribution is -2.22. The smallest absolute Gasteiger partial charge is 0.0446 e. The Morgan fingerprint density at radius 1 is 1.19 bits per heavy atom. The van der Waals surface area contributed by atoms with Crippen molar-refractivity contribution in [1.82, 2.24) is 0 Å². The highest BCUT2D eigenvalue weighted by atomic mass is 15.1. The topological polar surface area (TPSA) is 27.1 Å². The Hall–Kier alpha value is -1.83. The van der Waals surface area contributed by atoms with Crippen molar-refractivity contribution < 1.29 is 0 Å². The van der Waals surface area contributed by atoms with E-state index in [2.05, 4.69) is 62.9 Å². The minimum absolute atomic E-state index is 0.153. The Bertz CT molecular complexity index is 625. The Labute approximate surface area is 128 Å². The summed E-state index contributed by atoms with van der Waals surface area (Å²) in [5.74, 6) is 0. The summed E-state index contributed by atoms with van der Waals surface area (Å²) >= 11 is 0. The van der Waals surface area contributed by atoms with E-state index in [1.165, 1.54) is 16.7 Å². The SMILES string of the molecule is CC1=C(c2ccc(N(C)C)cc2C(=N)C(C)(C)C)CC=C1. The van der Waals surface area contributed by atoms with Crippen LogP contribution in [0.5, 0.6) is 0 Å². The van der Waals surface area contributed by atoms with E-state index >= 15 is 0 Å². The lowest BCUT2D eigenvalue weighted by Gasteiger charge is -2.25. The zero-order chi connectivity index (χ0) is 15.8. The van der Waals surface area contributed by atoms with Gasteiger partial charge in [0, 0.05) is 36.5 Å². The molecular weight excluding hydrogens is 256 g/mol. The minimum Gasteiger partial charge on any atom is -0.378 e. The fraction of sp³-hybridized carbons (Fsp3) is 0.421. The predicted molar refractivity (Wildman–Crippen MR) is 93.4 cm³/mol. The third-order valence-electron chi connectivity index (χ3n) is 4.03. The van der Waals surface area contributed by atoms with Crippen LogP contribution in [0.2, 0.25) is 0 Å². The van der Waals surface area contributed by atoms with Crippen LogP contribution in [0.3, 0.4) is 0 Å². The zero-order valence-electron chi connectivity index (χ0n) is 14.0. The highest BCUT2D eigenvalue weighted by Gasteiger charge is 2.24. The van der Waals surface area contributed by atoms with Gasteiger partial charge in [0.1, 0.15) is 0 Å². The molecule has 1 aromatic rings. The molecule has 2 heteroatoms. The van der Waals surface area contributed by atoms with E-state index in [0.29, 0.717) is 5.71 Å². The van der Waals surface area contributed by atoms with E-state index in [-0.39, 0.29) is 5.41 Å². The van der Waals surface area contributed by atoms with Crippen molar-refractivity contribution in [3.63, 3.8) is 0 Å². The average Bonchev–Trinajstić information content (AvgIpc) is 2.82. The fourth-order valence-corrected chi connectivity index (χ4v) is 2.62. The molecule has 1 aliphatic rings. The molecule has 0 bridgehead atoms. The van der Waals surface area contributed by atoms with Crippen LogP contribution in [-0.2, 0) is 0 Å². The molecular formula is C19H26N2. The van der Waals surface area contributed by atoms with Gasteiger partial charge in [0.25, 0.3) is 0 Å². The van der Waals surface area contributed by atoms with Gasteiger partial charge >= 0.3 is 0 Å². The normalized spacial score (nSPS) is 14.8. The summed E-state index contributed by atoms with van der Waals surface area (Å²) in [5.41, 5.74) is 6.63. The average molecular weight is 282 g/mol. The predicted octanol–water partition coefficient (Wildman–Crippen LogP) is 4.90. The van der Waals surface area contributed by atoms with Gasteiger partial charge in [-0.15, -0.1) is 0 Å². The van der Waals surface area contributed by atoms with Gasteiger partial charge in [0.2, 0.25) is 0 Å². The molecule has 0 saturated carbocycles. The molecule has 0 unspecified atom stereocenters. The first-order chi connectivity index (χ1) is 9.71. The van der Waals surface area contributed by atoms with Gasteiger partial charge in [-0.3, -0.25) is 0 Å². The molecule has 0 aromatic heterocycles. The Kier molecular flexibility index (Phi) is 4.08. The maximum absolute atomic E-state index is 8.63. The van der Waals surface area contributed by atoms with Crippen LogP contribution in [0.1, 0.15) is 45.2 Å². The monoisotopic (exact) mass is 282 g/mol. The summed E-state index contributed by atoms with van der Waals surface area (Å²) in [6.45, 7) is 8.48. The molecule has 1 aromatic carbocycles. The standard InChI is InChI=1S/C19H26N2/c1-13-8-7-9-15(13)16-11-10-14(21(5)6)12-17(16)18(20)19(2,3)4/h7-8,10-12,20H,9H2,1-6H3. The van der Waals surface area contributed by atoms with Gasteiger partial charge < -0.3 is 10.3 Å². The van der Waals surface area contributed by atoms with Crippen molar-refractivity contribution in [2.75, 3.05) is 19.0 Å². The summed E-state index contributed by atoms with van der Waals surface area (Å²) in [7, 11) is 4.09. The minimum atomic E-state index is -0.153. The number of benzene rings is 1. The summed E-state index contributed by atoms with van der Waals surface area (Å²) in [5, 5.41) is 8.63. The van der Waals surface area contributed by atoms with Crippen LogP contribution in [-0.4, -0.2) is 19.8 Å². The van der Waals surface area contributed by atoms with E-state index in [9.17, 15) is 0 Å². The second-order valence-electron chi connectivity index (χ2n) is 7.02. The number of allylic oxidation sites excluding steroid dienone is 4. The molecule has 0 aliphatic heterocycles. The molecule has 2 rings (SSSR count). The van der Waals surface area contributed by atoms with Gasteiger partial charge in [-0.2, -0.15) is 0 Å². The lowest BCUT2D eigenvalue weighted by atomic mass is 9.82. The van der Waals surface area contributed by atoms with Crippen LogP contribution >= 0.6 is 0 Å². The van der Waals surface area contributed by atoms with Crippen molar-refractivity contribution >= 4 is 17.0 Å². The molecule has 0 saturated heterocycles. The second kappa shape index (κ2) is 5.51. The van der Waals surface area contributed by atoms with Crippen LogP contribution < -0.4 is 4.90 Å². The summed E-state index contributed by atoms with van der Waals surface area (Å²) in [6, 6.07) is 6.48. The van der Waals surface area contributed by atoms with Gasteiger partial charge in [-0.25, -0.2) is 0 Å². The zero-order valence-corrected chi connectivity index (χ0v) is 14.0. The first-order valence-electron chi connectivity index (χ1n) is 7.49. The molecule has 1 aliphatic carbocycles.